The molecule has 14 heavy (non-hydrogen) atoms. The first-order valence-electron chi connectivity index (χ1n) is 4.84. The Balaban J connectivity index is 0.000000750. The van der Waals surface area contributed by atoms with Crippen LogP contribution in [-0.4, -0.2) is 30.2 Å². The van der Waals surface area contributed by atoms with Crippen molar-refractivity contribution in [3.05, 3.63) is 24.4 Å². The second-order valence-electron chi connectivity index (χ2n) is 3.83. The normalized spacial score (nSPS) is 29.0. The van der Waals surface area contributed by atoms with Gasteiger partial charge in [-0.2, -0.15) is 0 Å². The number of piperazine rings is 1. The van der Waals surface area contributed by atoms with Crippen LogP contribution < -0.4 is 10.2 Å². The van der Waals surface area contributed by atoms with E-state index in [1.165, 1.54) is 6.42 Å². The molecular weight excluding hydrogens is 198 g/mol. The summed E-state index contributed by atoms with van der Waals surface area (Å²) in [5.41, 5.74) is 0. The lowest BCUT2D eigenvalue weighted by atomic mass is 10.2. The van der Waals surface area contributed by atoms with E-state index in [0.29, 0.717) is 12.1 Å². The molecule has 2 saturated heterocycles. The second-order valence-corrected chi connectivity index (χ2v) is 3.83. The standard InChI is InChI=1S/C10H13N3.ClH/c1-2-4-11-10(3-1)13-7-8-5-9(13)6-12-8;/h1-4,8-9,12H,5-7H2;1H. The Morgan fingerprint density at radius 3 is 2.93 bits per heavy atom. The molecule has 2 aliphatic rings. The van der Waals surface area contributed by atoms with Crippen molar-refractivity contribution in [1.82, 2.24) is 10.3 Å². The molecule has 1 N–H and O–H groups in total. The van der Waals surface area contributed by atoms with Gasteiger partial charge in [0.25, 0.3) is 0 Å². The van der Waals surface area contributed by atoms with Crippen molar-refractivity contribution in [2.45, 2.75) is 18.5 Å². The lowest BCUT2D eigenvalue weighted by Crippen LogP contribution is -2.43. The zero-order chi connectivity index (χ0) is 8.67. The van der Waals surface area contributed by atoms with E-state index in [1.54, 1.807) is 0 Å². The summed E-state index contributed by atoms with van der Waals surface area (Å²) < 4.78 is 0. The smallest absolute Gasteiger partial charge is 0.128 e. The minimum Gasteiger partial charge on any atom is -0.351 e. The number of aromatic nitrogens is 1. The van der Waals surface area contributed by atoms with Crippen molar-refractivity contribution in [3.63, 3.8) is 0 Å². The van der Waals surface area contributed by atoms with E-state index in [9.17, 15) is 0 Å². The molecule has 3 rings (SSSR count). The summed E-state index contributed by atoms with van der Waals surface area (Å²) in [5, 5.41) is 3.49. The zero-order valence-electron chi connectivity index (χ0n) is 7.89. The Morgan fingerprint density at radius 2 is 2.36 bits per heavy atom. The van der Waals surface area contributed by atoms with Gasteiger partial charge >= 0.3 is 0 Å². The highest BCUT2D eigenvalue weighted by Crippen LogP contribution is 2.27. The first kappa shape index (κ1) is 9.74. The van der Waals surface area contributed by atoms with Crippen LogP contribution >= 0.6 is 12.4 Å². The molecule has 2 bridgehead atoms. The number of fused-ring (bicyclic) bond motifs is 2. The highest BCUT2D eigenvalue weighted by atomic mass is 35.5. The Labute approximate surface area is 89.9 Å². The van der Waals surface area contributed by atoms with Crippen LogP contribution in [-0.2, 0) is 0 Å². The molecule has 2 unspecified atom stereocenters. The molecule has 1 aromatic heterocycles. The maximum atomic E-state index is 4.38. The van der Waals surface area contributed by atoms with Gasteiger partial charge in [0.05, 0.1) is 0 Å². The molecule has 2 atom stereocenters. The summed E-state index contributed by atoms with van der Waals surface area (Å²) in [6.07, 6.45) is 3.16. The van der Waals surface area contributed by atoms with Gasteiger partial charge in [-0.25, -0.2) is 4.98 Å². The predicted octanol–water partition coefficient (Wildman–Crippen LogP) is 1.05. The van der Waals surface area contributed by atoms with E-state index in [-0.39, 0.29) is 12.4 Å². The molecule has 0 aliphatic carbocycles. The van der Waals surface area contributed by atoms with E-state index >= 15 is 0 Å². The van der Waals surface area contributed by atoms with Crippen molar-refractivity contribution < 1.29 is 0 Å². The predicted molar refractivity (Wildman–Crippen MR) is 59.0 cm³/mol. The van der Waals surface area contributed by atoms with Crippen LogP contribution in [0.5, 0.6) is 0 Å². The third-order valence-corrected chi connectivity index (χ3v) is 3.00. The minimum atomic E-state index is 0. The van der Waals surface area contributed by atoms with Gasteiger partial charge in [0, 0.05) is 31.4 Å². The number of anilines is 1. The number of nitrogens with one attached hydrogen (secondary N) is 1. The number of halogens is 1. The molecule has 0 aromatic carbocycles. The number of hydrogen-bond donors (Lipinski definition) is 1. The quantitative estimate of drug-likeness (QED) is 0.753. The van der Waals surface area contributed by atoms with Crippen LogP contribution in [0.25, 0.3) is 0 Å². The fourth-order valence-electron chi connectivity index (χ4n) is 2.37. The third-order valence-electron chi connectivity index (χ3n) is 3.00. The molecule has 0 radical (unpaired) electrons. The van der Waals surface area contributed by atoms with Crippen molar-refractivity contribution >= 4 is 18.2 Å². The molecule has 1 aromatic rings. The average molecular weight is 212 g/mol. The number of pyridine rings is 1. The average Bonchev–Trinajstić information content (AvgIpc) is 2.80. The molecule has 2 fully saturated rings. The molecule has 2 aliphatic heterocycles. The van der Waals surface area contributed by atoms with E-state index in [4.69, 9.17) is 0 Å². The fourth-order valence-corrected chi connectivity index (χ4v) is 2.37. The number of rotatable bonds is 1. The van der Waals surface area contributed by atoms with E-state index < -0.39 is 0 Å². The lowest BCUT2D eigenvalue weighted by molar-refractivity contribution is 0.576. The molecule has 0 amide bonds. The van der Waals surface area contributed by atoms with Crippen molar-refractivity contribution in [1.29, 1.82) is 0 Å². The second kappa shape index (κ2) is 3.75. The summed E-state index contributed by atoms with van der Waals surface area (Å²) in [4.78, 5) is 6.80. The van der Waals surface area contributed by atoms with Crippen LogP contribution in [0.1, 0.15) is 6.42 Å². The topological polar surface area (TPSA) is 28.2 Å². The highest BCUT2D eigenvalue weighted by molar-refractivity contribution is 5.85. The first-order chi connectivity index (χ1) is 6.43. The highest BCUT2D eigenvalue weighted by Gasteiger charge is 2.37. The number of nitrogens with zero attached hydrogens (tertiary/aromatic N) is 2. The maximum absolute atomic E-state index is 4.38. The molecule has 0 spiro atoms. The van der Waals surface area contributed by atoms with E-state index in [1.807, 2.05) is 12.3 Å². The largest absolute Gasteiger partial charge is 0.351 e. The Bertz CT molecular complexity index is 303. The molecular formula is C10H14ClN3. The Hall–Kier alpha value is -0.800. The SMILES string of the molecule is Cl.c1ccc(N2CC3CC2CN3)nc1. The van der Waals surface area contributed by atoms with Crippen LogP contribution in [0.4, 0.5) is 5.82 Å². The van der Waals surface area contributed by atoms with Gasteiger partial charge in [0.1, 0.15) is 5.82 Å². The first-order valence-corrected chi connectivity index (χ1v) is 4.84. The lowest BCUT2D eigenvalue weighted by Gasteiger charge is -2.28. The van der Waals surface area contributed by atoms with Gasteiger partial charge in [-0.1, -0.05) is 6.07 Å². The molecule has 4 heteroatoms. The van der Waals surface area contributed by atoms with E-state index in [2.05, 4.69) is 27.3 Å². The summed E-state index contributed by atoms with van der Waals surface area (Å²) in [6.45, 7) is 2.25. The zero-order valence-corrected chi connectivity index (χ0v) is 8.70. The van der Waals surface area contributed by atoms with Crippen LogP contribution in [0.2, 0.25) is 0 Å². The van der Waals surface area contributed by atoms with E-state index in [0.717, 1.165) is 18.9 Å². The van der Waals surface area contributed by atoms with Crippen molar-refractivity contribution in [3.8, 4) is 0 Å². The van der Waals surface area contributed by atoms with Crippen molar-refractivity contribution in [2.75, 3.05) is 18.0 Å². The van der Waals surface area contributed by atoms with Crippen LogP contribution in [0.15, 0.2) is 24.4 Å². The Morgan fingerprint density at radius 1 is 1.43 bits per heavy atom. The molecule has 3 nitrogen and oxygen atoms in total. The summed E-state index contributed by atoms with van der Waals surface area (Å²) in [7, 11) is 0. The fraction of sp³-hybridized carbons (Fsp3) is 0.500. The van der Waals surface area contributed by atoms with Gasteiger partial charge in [-0.05, 0) is 18.6 Å². The summed E-state index contributed by atoms with van der Waals surface area (Å²) in [6, 6.07) is 7.50. The third kappa shape index (κ3) is 1.47. The maximum Gasteiger partial charge on any atom is 0.128 e. The Kier molecular flexibility index (Phi) is 2.61. The van der Waals surface area contributed by atoms with Crippen molar-refractivity contribution in [2.24, 2.45) is 0 Å². The number of hydrogen-bond acceptors (Lipinski definition) is 3. The minimum absolute atomic E-state index is 0. The van der Waals surface area contributed by atoms with Gasteiger partial charge in [-0.3, -0.25) is 0 Å². The van der Waals surface area contributed by atoms with Gasteiger partial charge < -0.3 is 10.2 Å². The van der Waals surface area contributed by atoms with Crippen LogP contribution in [0.3, 0.4) is 0 Å². The molecule has 76 valence electrons. The summed E-state index contributed by atoms with van der Waals surface area (Å²) >= 11 is 0. The monoisotopic (exact) mass is 211 g/mol. The van der Waals surface area contributed by atoms with Crippen LogP contribution in [0, 0.1) is 0 Å². The van der Waals surface area contributed by atoms with Gasteiger partial charge in [0.15, 0.2) is 0 Å². The molecule has 0 saturated carbocycles. The van der Waals surface area contributed by atoms with Gasteiger partial charge in [0.2, 0.25) is 0 Å². The van der Waals surface area contributed by atoms with Gasteiger partial charge in [-0.15, -0.1) is 12.4 Å². The summed E-state index contributed by atoms with van der Waals surface area (Å²) in [5.74, 6) is 1.14. The molecule has 3 heterocycles.